The van der Waals surface area contributed by atoms with E-state index in [1.54, 1.807) is 0 Å². The van der Waals surface area contributed by atoms with Crippen LogP contribution in [0.25, 0.3) is 0 Å². The molecule has 23 heavy (non-hydrogen) atoms. The molecule has 4 nitrogen and oxygen atoms in total. The van der Waals surface area contributed by atoms with Crippen molar-refractivity contribution in [3.63, 3.8) is 0 Å². The van der Waals surface area contributed by atoms with E-state index in [1.165, 1.54) is 50.1 Å². The van der Waals surface area contributed by atoms with Crippen LogP contribution >= 0.6 is 0 Å². The van der Waals surface area contributed by atoms with Gasteiger partial charge in [-0.2, -0.15) is 0 Å². The molecular weight excluding hydrogens is 286 g/mol. The van der Waals surface area contributed by atoms with E-state index in [0.29, 0.717) is 0 Å². The number of aromatic nitrogens is 1. The van der Waals surface area contributed by atoms with Gasteiger partial charge in [-0.25, -0.2) is 0 Å². The highest BCUT2D eigenvalue weighted by atomic mass is 16.5. The number of aryl methyl sites for hydroxylation is 1. The largest absolute Gasteiger partial charge is 0.376 e. The summed E-state index contributed by atoms with van der Waals surface area (Å²) >= 11 is 0. The first-order valence-electron chi connectivity index (χ1n) is 9.05. The van der Waals surface area contributed by atoms with Crippen molar-refractivity contribution in [2.75, 3.05) is 44.2 Å². The van der Waals surface area contributed by atoms with E-state index in [4.69, 9.17) is 4.74 Å². The van der Waals surface area contributed by atoms with Gasteiger partial charge >= 0.3 is 0 Å². The second kappa shape index (κ2) is 7.18. The minimum Gasteiger partial charge on any atom is -0.376 e. The summed E-state index contributed by atoms with van der Waals surface area (Å²) in [5, 5.41) is 0. The van der Waals surface area contributed by atoms with Crippen molar-refractivity contribution in [1.29, 1.82) is 0 Å². The molecule has 0 bridgehead atoms. The normalized spacial score (nSPS) is 26.0. The molecule has 0 unspecified atom stereocenters. The average molecular weight is 317 g/mol. The summed E-state index contributed by atoms with van der Waals surface area (Å²) < 4.78 is 5.86. The van der Waals surface area contributed by atoms with Crippen LogP contribution in [0.4, 0.5) is 5.69 Å². The fourth-order valence-corrected chi connectivity index (χ4v) is 4.09. The molecule has 1 aromatic heterocycles. The predicted octanol–water partition coefficient (Wildman–Crippen LogP) is 3.11. The molecule has 128 valence electrons. The third-order valence-electron chi connectivity index (χ3n) is 5.24. The summed E-state index contributed by atoms with van der Waals surface area (Å²) in [5.74, 6) is 0.785. The van der Waals surface area contributed by atoms with Gasteiger partial charge < -0.3 is 14.5 Å². The standard InChI is InChI=1S/C19H31N3O/c1-16-14-20-7-5-18(16)22-9-4-8-21(10-11-22)15-17-6-12-23-19(2,3)13-17/h5,7,14,17H,4,6,8-13,15H2,1-3H3/t17-/m1/s1. The number of pyridine rings is 1. The first-order valence-corrected chi connectivity index (χ1v) is 9.05. The minimum absolute atomic E-state index is 0.0644. The Morgan fingerprint density at radius 3 is 2.91 bits per heavy atom. The quantitative estimate of drug-likeness (QED) is 0.856. The van der Waals surface area contributed by atoms with Crippen LogP contribution in [-0.4, -0.2) is 54.8 Å². The topological polar surface area (TPSA) is 28.6 Å². The van der Waals surface area contributed by atoms with Crippen LogP contribution in [0.2, 0.25) is 0 Å². The maximum atomic E-state index is 5.86. The van der Waals surface area contributed by atoms with Gasteiger partial charge in [0.05, 0.1) is 5.60 Å². The molecule has 2 aliphatic rings. The van der Waals surface area contributed by atoms with Crippen LogP contribution in [0, 0.1) is 12.8 Å². The highest BCUT2D eigenvalue weighted by molar-refractivity contribution is 5.51. The van der Waals surface area contributed by atoms with E-state index in [-0.39, 0.29) is 5.60 Å². The van der Waals surface area contributed by atoms with E-state index >= 15 is 0 Å². The zero-order chi connectivity index (χ0) is 16.3. The summed E-state index contributed by atoms with van der Waals surface area (Å²) in [4.78, 5) is 9.42. The van der Waals surface area contributed by atoms with Crippen molar-refractivity contribution in [3.05, 3.63) is 24.0 Å². The zero-order valence-corrected chi connectivity index (χ0v) is 14.9. The van der Waals surface area contributed by atoms with Crippen molar-refractivity contribution < 1.29 is 4.74 Å². The number of nitrogens with zero attached hydrogens (tertiary/aromatic N) is 3. The lowest BCUT2D eigenvalue weighted by Crippen LogP contribution is -2.40. The molecule has 1 aromatic rings. The molecule has 0 radical (unpaired) electrons. The molecule has 2 fully saturated rings. The molecule has 0 aromatic carbocycles. The Labute approximate surface area is 140 Å². The molecule has 0 spiro atoms. The van der Waals surface area contributed by atoms with Gasteiger partial charge in [0.1, 0.15) is 0 Å². The second-order valence-corrected chi connectivity index (χ2v) is 7.77. The van der Waals surface area contributed by atoms with Crippen LogP contribution in [0.15, 0.2) is 18.5 Å². The lowest BCUT2D eigenvalue weighted by molar-refractivity contribution is -0.0765. The Hall–Kier alpha value is -1.13. The number of rotatable bonds is 3. The third-order valence-corrected chi connectivity index (χ3v) is 5.24. The summed E-state index contributed by atoms with van der Waals surface area (Å²) in [6.07, 6.45) is 7.54. The number of ether oxygens (including phenoxy) is 1. The Kier molecular flexibility index (Phi) is 5.22. The molecule has 3 rings (SSSR count). The molecule has 4 heteroatoms. The van der Waals surface area contributed by atoms with E-state index in [2.05, 4.69) is 41.6 Å². The Bertz CT molecular complexity index is 517. The van der Waals surface area contributed by atoms with E-state index < -0.39 is 0 Å². The number of hydrogen-bond donors (Lipinski definition) is 0. The van der Waals surface area contributed by atoms with Crippen molar-refractivity contribution in [2.24, 2.45) is 5.92 Å². The van der Waals surface area contributed by atoms with E-state index in [1.807, 2.05) is 12.4 Å². The van der Waals surface area contributed by atoms with Crippen molar-refractivity contribution >= 4 is 5.69 Å². The van der Waals surface area contributed by atoms with Crippen molar-refractivity contribution in [2.45, 2.75) is 45.6 Å². The minimum atomic E-state index is 0.0644. The van der Waals surface area contributed by atoms with Gasteiger partial charge in [-0.15, -0.1) is 0 Å². The summed E-state index contributed by atoms with van der Waals surface area (Å²) in [5.41, 5.74) is 2.70. The number of anilines is 1. The predicted molar refractivity (Wildman–Crippen MR) is 95.0 cm³/mol. The van der Waals surface area contributed by atoms with Crippen LogP contribution in [0.5, 0.6) is 0 Å². The Morgan fingerprint density at radius 2 is 2.13 bits per heavy atom. The summed E-state index contributed by atoms with van der Waals surface area (Å²) in [7, 11) is 0. The molecule has 0 N–H and O–H groups in total. The zero-order valence-electron chi connectivity index (χ0n) is 14.9. The maximum absolute atomic E-state index is 5.86. The summed E-state index contributed by atoms with van der Waals surface area (Å²) in [6, 6.07) is 2.16. The van der Waals surface area contributed by atoms with Gasteiger partial charge in [-0.1, -0.05) is 0 Å². The van der Waals surface area contributed by atoms with Gasteiger partial charge in [0.15, 0.2) is 0 Å². The number of hydrogen-bond acceptors (Lipinski definition) is 4. The van der Waals surface area contributed by atoms with Crippen LogP contribution in [-0.2, 0) is 4.74 Å². The lowest BCUT2D eigenvalue weighted by Gasteiger charge is -2.37. The van der Waals surface area contributed by atoms with Crippen molar-refractivity contribution in [3.8, 4) is 0 Å². The van der Waals surface area contributed by atoms with Crippen LogP contribution in [0.3, 0.4) is 0 Å². The van der Waals surface area contributed by atoms with Gasteiger partial charge in [0, 0.05) is 50.9 Å². The smallest absolute Gasteiger partial charge is 0.0629 e. The van der Waals surface area contributed by atoms with Gasteiger partial charge in [-0.05, 0) is 64.1 Å². The fourth-order valence-electron chi connectivity index (χ4n) is 4.09. The van der Waals surface area contributed by atoms with Gasteiger partial charge in [-0.3, -0.25) is 4.98 Å². The first-order chi connectivity index (χ1) is 11.0. The molecule has 3 heterocycles. The van der Waals surface area contributed by atoms with E-state index in [0.717, 1.165) is 25.6 Å². The van der Waals surface area contributed by atoms with Crippen LogP contribution < -0.4 is 4.90 Å². The molecule has 2 saturated heterocycles. The molecule has 0 amide bonds. The lowest BCUT2D eigenvalue weighted by atomic mass is 9.88. The van der Waals surface area contributed by atoms with Crippen molar-refractivity contribution in [1.82, 2.24) is 9.88 Å². The maximum Gasteiger partial charge on any atom is 0.0629 e. The summed E-state index contributed by atoms with van der Waals surface area (Å²) in [6.45, 7) is 13.4. The second-order valence-electron chi connectivity index (χ2n) is 7.77. The highest BCUT2D eigenvalue weighted by Gasteiger charge is 2.30. The Balaban J connectivity index is 1.55. The SMILES string of the molecule is Cc1cnccc1N1CCCN(C[C@@H]2CCOC(C)(C)C2)CC1. The Morgan fingerprint density at radius 1 is 1.26 bits per heavy atom. The molecule has 1 atom stereocenters. The van der Waals surface area contributed by atoms with Gasteiger partial charge in [0.2, 0.25) is 0 Å². The van der Waals surface area contributed by atoms with E-state index in [9.17, 15) is 0 Å². The highest BCUT2D eigenvalue weighted by Crippen LogP contribution is 2.29. The molecule has 2 aliphatic heterocycles. The monoisotopic (exact) mass is 317 g/mol. The fraction of sp³-hybridized carbons (Fsp3) is 0.737. The molecule has 0 aliphatic carbocycles. The van der Waals surface area contributed by atoms with Gasteiger partial charge in [0.25, 0.3) is 0 Å². The first kappa shape index (κ1) is 16.7. The van der Waals surface area contributed by atoms with Crippen LogP contribution in [0.1, 0.15) is 38.7 Å². The molecular formula is C19H31N3O. The average Bonchev–Trinajstić information content (AvgIpc) is 2.72. The molecule has 0 saturated carbocycles. The third kappa shape index (κ3) is 4.45.